The number of ether oxygens (including phenoxy) is 1. The highest BCUT2D eigenvalue weighted by Gasteiger charge is 2.57. The van der Waals surface area contributed by atoms with E-state index in [4.69, 9.17) is 4.74 Å². The number of carbonyl (C=O) groups is 4. The Morgan fingerprint density at radius 3 is 2.29 bits per heavy atom. The van der Waals surface area contributed by atoms with Gasteiger partial charge in [0.05, 0.1) is 34.4 Å². The molecule has 2 aliphatic rings. The SMILES string of the molecule is CCOC(=O)c1ccc(NC(=O)Cn2c3c(sc2=O)[C@@H](c2ccc(N(C)C)cc2)[C@@H]2C(=O)N(c4cccc(C(F)(F)F)c4)C(=O)[C@@H]2S3)cc1. The summed E-state index contributed by atoms with van der Waals surface area (Å²) in [6, 6.07) is 17.3. The van der Waals surface area contributed by atoms with Crippen molar-refractivity contribution in [2.45, 2.75) is 35.8 Å². The van der Waals surface area contributed by atoms with Crippen molar-refractivity contribution < 1.29 is 37.1 Å². The van der Waals surface area contributed by atoms with Crippen molar-refractivity contribution in [1.82, 2.24) is 4.57 Å². The summed E-state index contributed by atoms with van der Waals surface area (Å²) in [6.07, 6.45) is -4.69. The molecule has 254 valence electrons. The van der Waals surface area contributed by atoms with Crippen LogP contribution in [0.5, 0.6) is 0 Å². The molecule has 0 aliphatic carbocycles. The average molecular weight is 711 g/mol. The first kappa shape index (κ1) is 34.0. The molecule has 0 unspecified atom stereocenters. The van der Waals surface area contributed by atoms with Gasteiger partial charge in [-0.3, -0.25) is 23.7 Å². The van der Waals surface area contributed by atoms with Crippen LogP contribution in [0.4, 0.5) is 30.2 Å². The number of anilines is 3. The predicted octanol–water partition coefficient (Wildman–Crippen LogP) is 5.61. The Kier molecular flexibility index (Phi) is 9.15. The van der Waals surface area contributed by atoms with Gasteiger partial charge in [0.15, 0.2) is 0 Å². The fraction of sp³-hybridized carbons (Fsp3) is 0.265. The quantitative estimate of drug-likeness (QED) is 0.186. The lowest BCUT2D eigenvalue weighted by atomic mass is 9.83. The van der Waals surface area contributed by atoms with Crippen molar-refractivity contribution in [3.8, 4) is 0 Å². The standard InChI is InChI=1S/C34H29F3N4O6S2/c1-4-47-32(45)19-8-12-21(13-9-19)38-24(42)17-40-31-28(49-33(40)46)25(18-10-14-22(15-11-18)39(2)3)26-27(48-31)30(44)41(29(26)43)23-7-5-6-20(16-23)34(35,36)37/h5-16,25-27H,4,17H2,1-3H3,(H,38,42)/t25-,26-,27+/m0/s1. The molecule has 2 aliphatic heterocycles. The van der Waals surface area contributed by atoms with E-state index in [9.17, 15) is 37.1 Å². The lowest BCUT2D eigenvalue weighted by molar-refractivity contribution is -0.137. The fourth-order valence-corrected chi connectivity index (χ4v) is 8.69. The third-order valence-corrected chi connectivity index (χ3v) is 10.8. The van der Waals surface area contributed by atoms with Crippen LogP contribution < -0.4 is 20.0 Å². The van der Waals surface area contributed by atoms with Gasteiger partial charge in [-0.2, -0.15) is 13.2 Å². The summed E-state index contributed by atoms with van der Waals surface area (Å²) in [5, 5.41) is 1.95. The van der Waals surface area contributed by atoms with Gasteiger partial charge in [0.25, 0.3) is 0 Å². The van der Waals surface area contributed by atoms with E-state index in [-0.39, 0.29) is 12.3 Å². The molecule has 1 saturated heterocycles. The van der Waals surface area contributed by atoms with Crippen LogP contribution in [0.15, 0.2) is 82.6 Å². The third kappa shape index (κ3) is 6.47. The zero-order chi connectivity index (χ0) is 35.2. The van der Waals surface area contributed by atoms with E-state index in [1.165, 1.54) is 34.9 Å². The number of thiazole rings is 1. The molecule has 49 heavy (non-hydrogen) atoms. The van der Waals surface area contributed by atoms with Gasteiger partial charge >= 0.3 is 17.0 Å². The number of hydrogen-bond acceptors (Lipinski definition) is 9. The number of benzene rings is 3. The molecule has 6 rings (SSSR count). The van der Waals surface area contributed by atoms with Crippen molar-refractivity contribution in [2.75, 3.05) is 35.8 Å². The first-order valence-corrected chi connectivity index (χ1v) is 16.8. The lowest BCUT2D eigenvalue weighted by Gasteiger charge is -2.31. The highest BCUT2D eigenvalue weighted by Crippen LogP contribution is 2.54. The van der Waals surface area contributed by atoms with E-state index in [1.54, 1.807) is 19.1 Å². The number of rotatable bonds is 8. The fourth-order valence-electron chi connectivity index (χ4n) is 5.92. The molecule has 4 aromatic rings. The number of thioether (sulfide) groups is 1. The number of halogens is 3. The summed E-state index contributed by atoms with van der Waals surface area (Å²) in [5.74, 6) is -4.27. The number of amides is 3. The molecule has 15 heteroatoms. The minimum Gasteiger partial charge on any atom is -0.462 e. The van der Waals surface area contributed by atoms with E-state index in [1.807, 2.05) is 31.1 Å². The van der Waals surface area contributed by atoms with Crippen molar-refractivity contribution in [3.05, 3.63) is 104 Å². The van der Waals surface area contributed by atoms with E-state index >= 15 is 0 Å². The van der Waals surface area contributed by atoms with Gasteiger partial charge in [0, 0.05) is 36.3 Å². The second-order valence-corrected chi connectivity index (χ2v) is 13.7. The van der Waals surface area contributed by atoms with Crippen LogP contribution in [0, 0.1) is 5.92 Å². The van der Waals surface area contributed by atoms with Gasteiger partial charge in [0.2, 0.25) is 17.7 Å². The lowest BCUT2D eigenvalue weighted by Crippen LogP contribution is -2.33. The zero-order valence-electron chi connectivity index (χ0n) is 26.3. The summed E-state index contributed by atoms with van der Waals surface area (Å²) in [4.78, 5) is 69.3. The summed E-state index contributed by atoms with van der Waals surface area (Å²) < 4.78 is 47.0. The number of nitrogens with one attached hydrogen (secondary N) is 1. The predicted molar refractivity (Wildman–Crippen MR) is 179 cm³/mol. The maximum Gasteiger partial charge on any atom is 0.416 e. The number of carbonyl (C=O) groups excluding carboxylic acids is 4. The molecule has 1 N–H and O–H groups in total. The Labute approximate surface area is 286 Å². The van der Waals surface area contributed by atoms with E-state index in [0.717, 1.165) is 51.9 Å². The number of hydrogen-bond donors (Lipinski definition) is 1. The van der Waals surface area contributed by atoms with Crippen molar-refractivity contribution in [3.63, 3.8) is 0 Å². The second-order valence-electron chi connectivity index (χ2n) is 11.6. The number of imide groups is 1. The highest BCUT2D eigenvalue weighted by atomic mass is 32.2. The molecular formula is C34H29F3N4O6S2. The molecule has 0 saturated carbocycles. The van der Waals surface area contributed by atoms with Gasteiger partial charge in [0.1, 0.15) is 11.8 Å². The van der Waals surface area contributed by atoms with Crippen LogP contribution in [-0.2, 0) is 31.8 Å². The summed E-state index contributed by atoms with van der Waals surface area (Å²) in [7, 11) is 3.72. The third-order valence-electron chi connectivity index (χ3n) is 8.23. The first-order chi connectivity index (χ1) is 23.3. The van der Waals surface area contributed by atoms with Crippen LogP contribution >= 0.6 is 23.1 Å². The minimum absolute atomic E-state index is 0.198. The monoisotopic (exact) mass is 710 g/mol. The molecule has 3 aromatic carbocycles. The van der Waals surface area contributed by atoms with Crippen LogP contribution in [0.2, 0.25) is 0 Å². The highest BCUT2D eigenvalue weighted by molar-refractivity contribution is 8.00. The second kappa shape index (κ2) is 13.2. The Bertz CT molecular complexity index is 2010. The largest absolute Gasteiger partial charge is 0.462 e. The average Bonchev–Trinajstić information content (AvgIpc) is 3.51. The van der Waals surface area contributed by atoms with Crippen molar-refractivity contribution in [2.24, 2.45) is 5.92 Å². The Morgan fingerprint density at radius 1 is 0.959 bits per heavy atom. The normalized spacial score (nSPS) is 18.6. The molecule has 0 spiro atoms. The number of esters is 1. The summed E-state index contributed by atoms with van der Waals surface area (Å²) in [6.45, 7) is 1.48. The molecule has 1 fully saturated rings. The van der Waals surface area contributed by atoms with Crippen LogP contribution in [0.1, 0.15) is 39.2 Å². The van der Waals surface area contributed by atoms with E-state index < -0.39 is 63.9 Å². The van der Waals surface area contributed by atoms with Crippen molar-refractivity contribution >= 4 is 63.9 Å². The molecule has 0 bridgehead atoms. The molecular weight excluding hydrogens is 682 g/mol. The van der Waals surface area contributed by atoms with Gasteiger partial charge < -0.3 is 15.0 Å². The number of nitrogens with zero attached hydrogens (tertiary/aromatic N) is 3. The van der Waals surface area contributed by atoms with Crippen LogP contribution in [0.25, 0.3) is 0 Å². The van der Waals surface area contributed by atoms with Crippen LogP contribution in [0.3, 0.4) is 0 Å². The van der Waals surface area contributed by atoms with E-state index in [0.29, 0.717) is 26.7 Å². The maximum atomic E-state index is 14.1. The maximum absolute atomic E-state index is 14.1. The molecule has 3 atom stereocenters. The summed E-state index contributed by atoms with van der Waals surface area (Å²) in [5.41, 5.74) is 0.967. The zero-order valence-corrected chi connectivity index (χ0v) is 27.9. The topological polar surface area (TPSA) is 118 Å². The summed E-state index contributed by atoms with van der Waals surface area (Å²) >= 11 is 1.82. The van der Waals surface area contributed by atoms with Crippen LogP contribution in [-0.4, -0.2) is 54.2 Å². The van der Waals surface area contributed by atoms with Gasteiger partial charge in [-0.1, -0.05) is 41.3 Å². The Balaban J connectivity index is 1.36. The minimum atomic E-state index is -4.69. The number of fused-ring (bicyclic) bond motifs is 2. The molecule has 10 nitrogen and oxygen atoms in total. The molecule has 1 aromatic heterocycles. The van der Waals surface area contributed by atoms with Gasteiger partial charge in [-0.15, -0.1) is 0 Å². The molecule has 3 amide bonds. The van der Waals surface area contributed by atoms with Crippen molar-refractivity contribution in [1.29, 1.82) is 0 Å². The number of alkyl halides is 3. The van der Waals surface area contributed by atoms with E-state index in [2.05, 4.69) is 5.32 Å². The van der Waals surface area contributed by atoms with Gasteiger partial charge in [-0.05, 0) is 67.1 Å². The van der Waals surface area contributed by atoms with Gasteiger partial charge in [-0.25, -0.2) is 9.69 Å². The smallest absolute Gasteiger partial charge is 0.416 e. The number of aromatic nitrogens is 1. The molecule has 3 heterocycles. The first-order valence-electron chi connectivity index (χ1n) is 15.1. The Morgan fingerprint density at radius 2 is 1.65 bits per heavy atom. The Hall–Kier alpha value is -4.89. The molecule has 0 radical (unpaired) electrons.